The van der Waals surface area contributed by atoms with Gasteiger partial charge in [0.2, 0.25) is 0 Å². The Balaban J connectivity index is 2.45. The first-order valence-corrected chi connectivity index (χ1v) is 5.86. The molecule has 0 aliphatic heterocycles. The number of carbonyl (C=O) groups is 1. The standard InChI is InChI=1S/C13H13ClN2O2/c1-8-3-5-9(6-4-8)13-15-10(7-11(17)18)12(14)16(13)2/h3-6H,7H2,1-2H3,(H,17,18). The van der Waals surface area contributed by atoms with Crippen LogP contribution in [0.4, 0.5) is 0 Å². The second kappa shape index (κ2) is 4.82. The van der Waals surface area contributed by atoms with Crippen LogP contribution < -0.4 is 0 Å². The number of hydrogen-bond acceptors (Lipinski definition) is 2. The number of imidazole rings is 1. The number of halogens is 1. The van der Waals surface area contributed by atoms with Gasteiger partial charge in [-0.1, -0.05) is 41.4 Å². The molecule has 5 heteroatoms. The highest BCUT2D eigenvalue weighted by molar-refractivity contribution is 6.30. The smallest absolute Gasteiger partial charge is 0.309 e. The Hall–Kier alpha value is -1.81. The topological polar surface area (TPSA) is 55.1 Å². The van der Waals surface area contributed by atoms with E-state index >= 15 is 0 Å². The molecule has 0 amide bonds. The number of carboxylic acids is 1. The van der Waals surface area contributed by atoms with E-state index in [-0.39, 0.29) is 6.42 Å². The number of benzene rings is 1. The molecular weight excluding hydrogens is 252 g/mol. The van der Waals surface area contributed by atoms with Crippen LogP contribution in [-0.4, -0.2) is 20.6 Å². The third kappa shape index (κ3) is 2.38. The van der Waals surface area contributed by atoms with Crippen molar-refractivity contribution in [3.8, 4) is 11.4 Å². The molecule has 0 spiro atoms. The van der Waals surface area contributed by atoms with Crippen molar-refractivity contribution in [2.24, 2.45) is 7.05 Å². The third-order valence-electron chi connectivity index (χ3n) is 2.72. The number of aliphatic carboxylic acids is 1. The lowest BCUT2D eigenvalue weighted by Gasteiger charge is -2.02. The number of aromatic nitrogens is 2. The van der Waals surface area contributed by atoms with Crippen LogP contribution in [0.5, 0.6) is 0 Å². The van der Waals surface area contributed by atoms with E-state index < -0.39 is 5.97 Å². The highest BCUT2D eigenvalue weighted by atomic mass is 35.5. The molecule has 0 atom stereocenters. The summed E-state index contributed by atoms with van der Waals surface area (Å²) in [4.78, 5) is 15.0. The fourth-order valence-corrected chi connectivity index (χ4v) is 1.94. The first kappa shape index (κ1) is 12.6. The Morgan fingerprint density at radius 2 is 2.00 bits per heavy atom. The lowest BCUT2D eigenvalue weighted by Crippen LogP contribution is -2.01. The molecule has 0 saturated heterocycles. The van der Waals surface area contributed by atoms with E-state index in [1.165, 1.54) is 0 Å². The van der Waals surface area contributed by atoms with Crippen LogP contribution in [0.2, 0.25) is 5.15 Å². The Morgan fingerprint density at radius 3 is 2.56 bits per heavy atom. The molecule has 1 aromatic carbocycles. The molecule has 2 rings (SSSR count). The van der Waals surface area contributed by atoms with E-state index in [0.717, 1.165) is 11.1 Å². The van der Waals surface area contributed by atoms with Crippen LogP contribution >= 0.6 is 11.6 Å². The Bertz CT molecular complexity index is 588. The van der Waals surface area contributed by atoms with Crippen molar-refractivity contribution < 1.29 is 9.90 Å². The van der Waals surface area contributed by atoms with Gasteiger partial charge >= 0.3 is 5.97 Å². The average molecular weight is 265 g/mol. The summed E-state index contributed by atoms with van der Waals surface area (Å²) >= 11 is 6.08. The SMILES string of the molecule is Cc1ccc(-c2nc(CC(=O)O)c(Cl)n2C)cc1. The van der Waals surface area contributed by atoms with Gasteiger partial charge in [-0.3, -0.25) is 4.79 Å². The van der Waals surface area contributed by atoms with Crippen LogP contribution in [0.1, 0.15) is 11.3 Å². The van der Waals surface area contributed by atoms with Crippen molar-refractivity contribution in [3.05, 3.63) is 40.7 Å². The molecule has 1 N–H and O–H groups in total. The average Bonchev–Trinajstić information content (AvgIpc) is 2.58. The maximum atomic E-state index is 10.7. The van der Waals surface area contributed by atoms with Crippen LogP contribution in [-0.2, 0) is 18.3 Å². The zero-order valence-corrected chi connectivity index (χ0v) is 10.9. The molecule has 0 radical (unpaired) electrons. The van der Waals surface area contributed by atoms with Crippen molar-refractivity contribution in [3.63, 3.8) is 0 Å². The van der Waals surface area contributed by atoms with E-state index in [1.807, 2.05) is 31.2 Å². The largest absolute Gasteiger partial charge is 0.481 e. The molecule has 4 nitrogen and oxygen atoms in total. The van der Waals surface area contributed by atoms with Crippen LogP contribution in [0.15, 0.2) is 24.3 Å². The fourth-order valence-electron chi connectivity index (χ4n) is 1.75. The van der Waals surface area contributed by atoms with E-state index in [0.29, 0.717) is 16.7 Å². The van der Waals surface area contributed by atoms with Crippen molar-refractivity contribution in [1.29, 1.82) is 0 Å². The summed E-state index contributed by atoms with van der Waals surface area (Å²) in [6, 6.07) is 7.85. The second-order valence-corrected chi connectivity index (χ2v) is 4.53. The molecular formula is C13H13ClN2O2. The Labute approximate surface area is 110 Å². The van der Waals surface area contributed by atoms with Gasteiger partial charge in [-0.05, 0) is 6.92 Å². The van der Waals surface area contributed by atoms with Gasteiger partial charge in [-0.2, -0.15) is 0 Å². The molecule has 1 heterocycles. The first-order chi connectivity index (χ1) is 8.49. The molecule has 94 valence electrons. The van der Waals surface area contributed by atoms with E-state index in [1.54, 1.807) is 11.6 Å². The van der Waals surface area contributed by atoms with Gasteiger partial charge in [-0.15, -0.1) is 0 Å². The predicted molar refractivity (Wildman–Crippen MR) is 69.7 cm³/mol. The highest BCUT2D eigenvalue weighted by Crippen LogP contribution is 2.25. The summed E-state index contributed by atoms with van der Waals surface area (Å²) < 4.78 is 1.70. The van der Waals surface area contributed by atoms with E-state index in [4.69, 9.17) is 16.7 Å². The number of hydrogen-bond donors (Lipinski definition) is 1. The predicted octanol–water partition coefficient (Wildman–Crippen LogP) is 2.68. The number of aryl methyl sites for hydroxylation is 1. The van der Waals surface area contributed by atoms with Gasteiger partial charge in [0, 0.05) is 12.6 Å². The van der Waals surface area contributed by atoms with Gasteiger partial charge in [0.25, 0.3) is 0 Å². The normalized spacial score (nSPS) is 10.6. The third-order valence-corrected chi connectivity index (χ3v) is 3.19. The quantitative estimate of drug-likeness (QED) is 0.927. The van der Waals surface area contributed by atoms with Crippen molar-refractivity contribution >= 4 is 17.6 Å². The van der Waals surface area contributed by atoms with Gasteiger partial charge < -0.3 is 9.67 Å². The number of nitrogens with zero attached hydrogens (tertiary/aromatic N) is 2. The zero-order chi connectivity index (χ0) is 13.3. The van der Waals surface area contributed by atoms with Crippen molar-refractivity contribution in [2.75, 3.05) is 0 Å². The summed E-state index contributed by atoms with van der Waals surface area (Å²) in [5.41, 5.74) is 2.47. The summed E-state index contributed by atoms with van der Waals surface area (Å²) in [5, 5.41) is 9.16. The Morgan fingerprint density at radius 1 is 1.39 bits per heavy atom. The summed E-state index contributed by atoms with van der Waals surface area (Å²) in [5.74, 6) is -0.262. The van der Waals surface area contributed by atoms with Crippen LogP contribution in [0.3, 0.4) is 0 Å². The summed E-state index contributed by atoms with van der Waals surface area (Å²) in [6.07, 6.45) is -0.168. The van der Waals surface area contributed by atoms with E-state index in [9.17, 15) is 4.79 Å². The monoisotopic (exact) mass is 264 g/mol. The number of carboxylic acid groups (broad SMARTS) is 1. The highest BCUT2D eigenvalue weighted by Gasteiger charge is 2.16. The minimum absolute atomic E-state index is 0.168. The van der Waals surface area contributed by atoms with Gasteiger partial charge in [0.05, 0.1) is 12.1 Å². The maximum Gasteiger partial charge on any atom is 0.309 e. The van der Waals surface area contributed by atoms with Crippen molar-refractivity contribution in [2.45, 2.75) is 13.3 Å². The van der Waals surface area contributed by atoms with Gasteiger partial charge in [0.15, 0.2) is 0 Å². The summed E-state index contributed by atoms with van der Waals surface area (Å²) in [7, 11) is 1.77. The molecule has 0 unspecified atom stereocenters. The molecule has 0 bridgehead atoms. The zero-order valence-electron chi connectivity index (χ0n) is 10.1. The molecule has 18 heavy (non-hydrogen) atoms. The van der Waals surface area contributed by atoms with Crippen molar-refractivity contribution in [1.82, 2.24) is 9.55 Å². The molecule has 1 aromatic heterocycles. The summed E-state index contributed by atoms with van der Waals surface area (Å²) in [6.45, 7) is 2.00. The molecule has 0 aliphatic rings. The first-order valence-electron chi connectivity index (χ1n) is 5.49. The van der Waals surface area contributed by atoms with Gasteiger partial charge in [0.1, 0.15) is 11.0 Å². The van der Waals surface area contributed by atoms with Crippen LogP contribution in [0, 0.1) is 6.92 Å². The molecule has 0 fully saturated rings. The lowest BCUT2D eigenvalue weighted by atomic mass is 10.1. The second-order valence-electron chi connectivity index (χ2n) is 4.17. The lowest BCUT2D eigenvalue weighted by molar-refractivity contribution is -0.136. The van der Waals surface area contributed by atoms with E-state index in [2.05, 4.69) is 4.98 Å². The molecule has 2 aromatic rings. The maximum absolute atomic E-state index is 10.7. The minimum Gasteiger partial charge on any atom is -0.481 e. The fraction of sp³-hybridized carbons (Fsp3) is 0.231. The minimum atomic E-state index is -0.939. The molecule has 0 aliphatic carbocycles. The molecule has 0 saturated carbocycles. The van der Waals surface area contributed by atoms with Crippen LogP contribution in [0.25, 0.3) is 11.4 Å². The Kier molecular flexibility index (Phi) is 3.39. The number of rotatable bonds is 3. The van der Waals surface area contributed by atoms with Gasteiger partial charge in [-0.25, -0.2) is 4.98 Å².